The van der Waals surface area contributed by atoms with Crippen LogP contribution in [-0.4, -0.2) is 30.1 Å². The molecule has 1 aromatic rings. The van der Waals surface area contributed by atoms with Crippen LogP contribution in [0.25, 0.3) is 0 Å². The van der Waals surface area contributed by atoms with Crippen LogP contribution >= 0.6 is 0 Å². The normalized spacial score (nSPS) is 36.0. The minimum Gasteiger partial charge on any atom is -0.466 e. The van der Waals surface area contributed by atoms with E-state index in [1.54, 1.807) is 0 Å². The fourth-order valence-corrected chi connectivity index (χ4v) is 4.89. The van der Waals surface area contributed by atoms with Gasteiger partial charge in [-0.2, -0.15) is 0 Å². The molecule has 0 bridgehead atoms. The van der Waals surface area contributed by atoms with Crippen molar-refractivity contribution in [1.29, 1.82) is 0 Å². The summed E-state index contributed by atoms with van der Waals surface area (Å²) in [5.74, 6) is 0.256. The third kappa shape index (κ3) is 2.80. The molecule has 0 unspecified atom stereocenters. The van der Waals surface area contributed by atoms with Crippen LogP contribution < -0.4 is 0 Å². The summed E-state index contributed by atoms with van der Waals surface area (Å²) in [5, 5.41) is 9.75. The number of aliphatic hydroxyl groups is 1. The molecule has 124 valence electrons. The molecular weight excluding hydrogens is 292 g/mol. The first-order valence-corrected chi connectivity index (χ1v) is 8.37. The summed E-state index contributed by atoms with van der Waals surface area (Å²) < 4.78 is 5.18. The lowest BCUT2D eigenvalue weighted by molar-refractivity contribution is -0.143. The van der Waals surface area contributed by atoms with Gasteiger partial charge in [0.25, 0.3) is 0 Å². The summed E-state index contributed by atoms with van der Waals surface area (Å²) in [4.78, 5) is 24.2. The number of carbonyl (C=O) groups excluding carboxylic acids is 2. The van der Waals surface area contributed by atoms with E-state index in [1.165, 1.54) is 6.92 Å². The smallest absolute Gasteiger partial charge is 0.302 e. The Bertz CT molecular complexity index is 582. The standard InChI is InChI=1S/C19H24O4/c1-11-16-14(9-20)8-15(10-23-12(2)21)18(16)19(22)17(11)13-6-4-3-5-7-13/h3-7,11,14-18,20H,8-10H2,1-2H3/t11-,14+,15-,16+,17-,18-/m1/s1. The highest BCUT2D eigenvalue weighted by Gasteiger charge is 2.57. The number of hydrogen-bond acceptors (Lipinski definition) is 4. The van der Waals surface area contributed by atoms with Crippen molar-refractivity contribution in [3.05, 3.63) is 35.9 Å². The van der Waals surface area contributed by atoms with Crippen LogP contribution in [0.1, 0.15) is 31.7 Å². The highest BCUT2D eigenvalue weighted by Crippen LogP contribution is 2.56. The van der Waals surface area contributed by atoms with Gasteiger partial charge in [-0.05, 0) is 29.7 Å². The number of rotatable bonds is 4. The molecule has 0 heterocycles. The fourth-order valence-electron chi connectivity index (χ4n) is 4.89. The SMILES string of the molecule is CC(=O)OC[C@H]1C[C@@H](CO)[C@@H]2[C@@H](C)[C@H](c3ccccc3)C(=O)[C@H]12. The van der Waals surface area contributed by atoms with Crippen molar-refractivity contribution in [3.63, 3.8) is 0 Å². The molecule has 0 aromatic heterocycles. The number of ether oxygens (including phenoxy) is 1. The van der Waals surface area contributed by atoms with Gasteiger partial charge in [0.1, 0.15) is 5.78 Å². The maximum Gasteiger partial charge on any atom is 0.302 e. The van der Waals surface area contributed by atoms with Crippen LogP contribution in [0.2, 0.25) is 0 Å². The molecule has 2 aliphatic carbocycles. The predicted molar refractivity (Wildman–Crippen MR) is 85.6 cm³/mol. The first-order chi connectivity index (χ1) is 11.0. The molecule has 2 saturated carbocycles. The van der Waals surface area contributed by atoms with Gasteiger partial charge in [0, 0.05) is 31.3 Å². The van der Waals surface area contributed by atoms with Crippen molar-refractivity contribution in [2.75, 3.05) is 13.2 Å². The Labute approximate surface area is 136 Å². The molecule has 0 radical (unpaired) electrons. The third-order valence-electron chi connectivity index (χ3n) is 5.73. The van der Waals surface area contributed by atoms with Crippen molar-refractivity contribution in [3.8, 4) is 0 Å². The van der Waals surface area contributed by atoms with Gasteiger partial charge in [-0.15, -0.1) is 0 Å². The van der Waals surface area contributed by atoms with Crippen LogP contribution in [0, 0.1) is 29.6 Å². The molecule has 0 amide bonds. The molecule has 0 spiro atoms. The Balaban J connectivity index is 1.87. The summed E-state index contributed by atoms with van der Waals surface area (Å²) in [6.45, 7) is 3.89. The number of aliphatic hydroxyl groups excluding tert-OH is 1. The van der Waals surface area contributed by atoms with Gasteiger partial charge >= 0.3 is 5.97 Å². The number of esters is 1. The van der Waals surface area contributed by atoms with Crippen molar-refractivity contribution >= 4 is 11.8 Å². The topological polar surface area (TPSA) is 63.6 Å². The third-order valence-corrected chi connectivity index (χ3v) is 5.73. The van der Waals surface area contributed by atoms with E-state index in [9.17, 15) is 14.7 Å². The average molecular weight is 316 g/mol. The lowest BCUT2D eigenvalue weighted by Gasteiger charge is -2.23. The Morgan fingerprint density at radius 1 is 1.26 bits per heavy atom. The van der Waals surface area contributed by atoms with Gasteiger partial charge in [0.05, 0.1) is 6.61 Å². The molecule has 0 saturated heterocycles. The number of fused-ring (bicyclic) bond motifs is 1. The zero-order valence-electron chi connectivity index (χ0n) is 13.6. The van der Waals surface area contributed by atoms with Crippen molar-refractivity contribution in [1.82, 2.24) is 0 Å². The van der Waals surface area contributed by atoms with Crippen LogP contribution in [0.3, 0.4) is 0 Å². The number of hydrogen-bond donors (Lipinski definition) is 1. The minimum atomic E-state index is -0.313. The fraction of sp³-hybridized carbons (Fsp3) is 0.579. The molecule has 3 rings (SSSR count). The quantitative estimate of drug-likeness (QED) is 0.867. The molecule has 4 heteroatoms. The van der Waals surface area contributed by atoms with E-state index in [4.69, 9.17) is 4.74 Å². The second-order valence-electron chi connectivity index (χ2n) is 6.99. The lowest BCUT2D eigenvalue weighted by Crippen LogP contribution is -2.24. The van der Waals surface area contributed by atoms with Gasteiger partial charge in [-0.25, -0.2) is 0 Å². The summed E-state index contributed by atoms with van der Waals surface area (Å²) in [5.41, 5.74) is 1.06. The van der Waals surface area contributed by atoms with E-state index < -0.39 is 0 Å². The summed E-state index contributed by atoms with van der Waals surface area (Å²) in [6.07, 6.45) is 0.761. The van der Waals surface area contributed by atoms with E-state index >= 15 is 0 Å². The van der Waals surface area contributed by atoms with E-state index in [-0.39, 0.29) is 60.5 Å². The van der Waals surface area contributed by atoms with Crippen LogP contribution in [-0.2, 0) is 14.3 Å². The summed E-state index contributed by atoms with van der Waals surface area (Å²) >= 11 is 0. The first-order valence-electron chi connectivity index (χ1n) is 8.37. The molecule has 1 N–H and O–H groups in total. The van der Waals surface area contributed by atoms with Gasteiger partial charge < -0.3 is 9.84 Å². The van der Waals surface area contributed by atoms with Crippen LogP contribution in [0.5, 0.6) is 0 Å². The molecule has 1 aromatic carbocycles. The Morgan fingerprint density at radius 2 is 1.96 bits per heavy atom. The van der Waals surface area contributed by atoms with E-state index in [0.29, 0.717) is 0 Å². The van der Waals surface area contributed by atoms with Crippen LogP contribution in [0.4, 0.5) is 0 Å². The van der Waals surface area contributed by atoms with Crippen molar-refractivity contribution in [2.24, 2.45) is 29.6 Å². The van der Waals surface area contributed by atoms with Gasteiger partial charge in [0.15, 0.2) is 0 Å². The number of ketones is 1. The first kappa shape index (κ1) is 16.2. The van der Waals surface area contributed by atoms with E-state index in [0.717, 1.165) is 12.0 Å². The molecule has 4 nitrogen and oxygen atoms in total. The van der Waals surface area contributed by atoms with E-state index in [1.807, 2.05) is 30.3 Å². The lowest BCUT2D eigenvalue weighted by atomic mass is 9.81. The van der Waals surface area contributed by atoms with Gasteiger partial charge in [-0.1, -0.05) is 37.3 Å². The largest absolute Gasteiger partial charge is 0.466 e. The Kier molecular flexibility index (Phi) is 4.53. The maximum atomic E-state index is 13.1. The second-order valence-corrected chi connectivity index (χ2v) is 6.99. The number of Topliss-reactive ketones (excluding diaryl/α,β-unsaturated/α-hetero) is 1. The number of benzene rings is 1. The zero-order chi connectivity index (χ0) is 16.6. The van der Waals surface area contributed by atoms with Crippen molar-refractivity contribution in [2.45, 2.75) is 26.2 Å². The summed E-state index contributed by atoms with van der Waals surface area (Å²) in [7, 11) is 0. The molecule has 2 fully saturated rings. The van der Waals surface area contributed by atoms with Crippen molar-refractivity contribution < 1.29 is 19.4 Å². The second kappa shape index (κ2) is 6.44. The molecular formula is C19H24O4. The molecule has 23 heavy (non-hydrogen) atoms. The molecule has 2 aliphatic rings. The average Bonchev–Trinajstić information content (AvgIpc) is 3.03. The van der Waals surface area contributed by atoms with Gasteiger partial charge in [-0.3, -0.25) is 9.59 Å². The summed E-state index contributed by atoms with van der Waals surface area (Å²) in [6, 6.07) is 9.89. The highest BCUT2D eigenvalue weighted by atomic mass is 16.5. The molecule has 6 atom stereocenters. The Hall–Kier alpha value is -1.68. The number of carbonyl (C=O) groups is 2. The van der Waals surface area contributed by atoms with Gasteiger partial charge in [0.2, 0.25) is 0 Å². The minimum absolute atomic E-state index is 0.0321. The maximum absolute atomic E-state index is 13.1. The zero-order valence-corrected chi connectivity index (χ0v) is 13.6. The predicted octanol–water partition coefficient (Wildman–Crippen LogP) is 2.41. The molecule has 0 aliphatic heterocycles. The highest BCUT2D eigenvalue weighted by molar-refractivity contribution is 5.91. The monoisotopic (exact) mass is 316 g/mol. The van der Waals surface area contributed by atoms with E-state index in [2.05, 4.69) is 6.92 Å². The van der Waals surface area contributed by atoms with Crippen LogP contribution in [0.15, 0.2) is 30.3 Å². The Morgan fingerprint density at radius 3 is 2.57 bits per heavy atom.